The third-order valence-corrected chi connectivity index (χ3v) is 7.25. The zero-order valence-electron chi connectivity index (χ0n) is 23.7. The Morgan fingerprint density at radius 1 is 1.05 bits per heavy atom. The van der Waals surface area contributed by atoms with Gasteiger partial charge in [-0.3, -0.25) is 9.59 Å². The van der Waals surface area contributed by atoms with E-state index in [1.165, 1.54) is 23.3 Å². The van der Waals surface area contributed by atoms with Crippen LogP contribution in [0, 0.1) is 18.7 Å². The number of carbonyl (C=O) groups excluding carboxylic acids is 2. The van der Waals surface area contributed by atoms with Crippen LogP contribution in [0.4, 0.5) is 4.39 Å². The Bertz CT molecular complexity index is 1530. The van der Waals surface area contributed by atoms with Gasteiger partial charge in [0.1, 0.15) is 23.9 Å². The molecule has 41 heavy (non-hydrogen) atoms. The van der Waals surface area contributed by atoms with Crippen LogP contribution >= 0.6 is 0 Å². The van der Waals surface area contributed by atoms with E-state index in [9.17, 15) is 14.0 Å². The minimum atomic E-state index is -0.388. The maximum absolute atomic E-state index is 13.4. The first-order valence-electron chi connectivity index (χ1n) is 14.0. The topological polar surface area (TPSA) is 71.8 Å². The molecule has 1 aromatic heterocycles. The summed E-state index contributed by atoms with van der Waals surface area (Å²) in [6.45, 7) is 7.19. The Balaban J connectivity index is 1.30. The number of nitrogens with zero attached hydrogens (tertiary/aromatic N) is 1. The highest BCUT2D eigenvalue weighted by Crippen LogP contribution is 2.38. The molecular formula is C34H35FN2O4. The van der Waals surface area contributed by atoms with E-state index >= 15 is 0 Å². The molecule has 7 heteroatoms. The van der Waals surface area contributed by atoms with Gasteiger partial charge < -0.3 is 19.4 Å². The SMILES string of the molecule is Cc1ccc(C2c3cc(OCc4ccc(C(=O)NCc5cccc(F)c5)o4)ccc3CCN2C(=O)CC(C)C)cc1. The predicted molar refractivity (Wildman–Crippen MR) is 155 cm³/mol. The second kappa shape index (κ2) is 12.4. The molecule has 1 aliphatic rings. The summed E-state index contributed by atoms with van der Waals surface area (Å²) in [6.07, 6.45) is 1.29. The van der Waals surface area contributed by atoms with Gasteiger partial charge in [-0.15, -0.1) is 0 Å². The van der Waals surface area contributed by atoms with Crippen LogP contribution in [0.5, 0.6) is 5.75 Å². The second-order valence-corrected chi connectivity index (χ2v) is 11.0. The second-order valence-electron chi connectivity index (χ2n) is 11.0. The van der Waals surface area contributed by atoms with E-state index in [1.54, 1.807) is 24.3 Å². The highest BCUT2D eigenvalue weighted by Gasteiger charge is 2.32. The molecule has 2 amide bonds. The number of nitrogens with one attached hydrogen (secondary N) is 1. The number of halogens is 1. The molecule has 0 saturated heterocycles. The van der Waals surface area contributed by atoms with Crippen LogP contribution in [0.3, 0.4) is 0 Å². The fraction of sp³-hybridized carbons (Fsp3) is 0.294. The summed E-state index contributed by atoms with van der Waals surface area (Å²) in [5, 5.41) is 2.74. The maximum Gasteiger partial charge on any atom is 0.287 e. The first-order valence-corrected chi connectivity index (χ1v) is 14.0. The van der Waals surface area contributed by atoms with E-state index in [1.807, 2.05) is 17.0 Å². The lowest BCUT2D eigenvalue weighted by Gasteiger charge is -2.38. The van der Waals surface area contributed by atoms with Crippen LogP contribution < -0.4 is 10.1 Å². The molecule has 1 aliphatic heterocycles. The Hall–Kier alpha value is -4.39. The van der Waals surface area contributed by atoms with Crippen molar-refractivity contribution in [1.29, 1.82) is 0 Å². The van der Waals surface area contributed by atoms with Crippen molar-refractivity contribution in [3.8, 4) is 5.75 Å². The molecule has 5 rings (SSSR count). The summed E-state index contributed by atoms with van der Waals surface area (Å²) >= 11 is 0. The minimum Gasteiger partial charge on any atom is -0.486 e. The molecule has 0 aliphatic carbocycles. The zero-order valence-corrected chi connectivity index (χ0v) is 23.7. The largest absolute Gasteiger partial charge is 0.486 e. The molecule has 0 fully saturated rings. The lowest BCUT2D eigenvalue weighted by Crippen LogP contribution is -2.41. The first kappa shape index (κ1) is 28.1. The van der Waals surface area contributed by atoms with Crippen molar-refractivity contribution in [1.82, 2.24) is 10.2 Å². The van der Waals surface area contributed by atoms with Gasteiger partial charge in [0.2, 0.25) is 5.91 Å². The number of carbonyl (C=O) groups is 2. The number of benzene rings is 3. The molecule has 2 heterocycles. The van der Waals surface area contributed by atoms with Gasteiger partial charge in [-0.05, 0) is 77.9 Å². The van der Waals surface area contributed by atoms with Gasteiger partial charge in [0.25, 0.3) is 5.91 Å². The lowest BCUT2D eigenvalue weighted by atomic mass is 9.87. The van der Waals surface area contributed by atoms with Crippen LogP contribution in [-0.4, -0.2) is 23.3 Å². The number of ether oxygens (including phenoxy) is 1. The van der Waals surface area contributed by atoms with E-state index in [2.05, 4.69) is 56.4 Å². The van der Waals surface area contributed by atoms with Gasteiger partial charge >= 0.3 is 0 Å². The highest BCUT2D eigenvalue weighted by atomic mass is 19.1. The summed E-state index contributed by atoms with van der Waals surface area (Å²) in [6, 6.07) is 23.6. The molecule has 0 bridgehead atoms. The summed E-state index contributed by atoms with van der Waals surface area (Å²) in [7, 11) is 0. The molecule has 4 aromatic rings. The summed E-state index contributed by atoms with van der Waals surface area (Å²) < 4.78 is 25.2. The van der Waals surface area contributed by atoms with Crippen LogP contribution in [0.1, 0.15) is 70.4 Å². The van der Waals surface area contributed by atoms with Gasteiger partial charge in [0.05, 0.1) is 6.04 Å². The van der Waals surface area contributed by atoms with E-state index in [-0.39, 0.29) is 48.5 Å². The average molecular weight is 555 g/mol. The van der Waals surface area contributed by atoms with Crippen molar-refractivity contribution in [3.05, 3.63) is 124 Å². The molecular weight excluding hydrogens is 519 g/mol. The Kier molecular flexibility index (Phi) is 8.53. The number of hydrogen-bond donors (Lipinski definition) is 1. The predicted octanol–water partition coefficient (Wildman–Crippen LogP) is 6.76. The number of furan rings is 1. The van der Waals surface area contributed by atoms with Crippen LogP contribution in [0.15, 0.2) is 83.3 Å². The Morgan fingerprint density at radius 3 is 2.61 bits per heavy atom. The van der Waals surface area contributed by atoms with E-state index in [0.29, 0.717) is 30.0 Å². The molecule has 1 atom stereocenters. The summed E-state index contributed by atoms with van der Waals surface area (Å²) in [5.74, 6) is 1.01. The standard InChI is InChI=1S/C34H35FN2O4/c1-22(2)17-32(38)37-16-15-25-11-12-28(19-30(25)33(37)26-9-7-23(3)8-10-26)40-21-29-13-14-31(41-29)34(39)36-20-24-5-4-6-27(35)18-24/h4-14,18-19,22,33H,15-17,20-21H2,1-3H3,(H,36,39). The fourth-order valence-electron chi connectivity index (χ4n) is 5.17. The van der Waals surface area contributed by atoms with Crippen molar-refractivity contribution < 1.29 is 23.1 Å². The summed E-state index contributed by atoms with van der Waals surface area (Å²) in [4.78, 5) is 27.8. The Morgan fingerprint density at radius 2 is 1.85 bits per heavy atom. The molecule has 6 nitrogen and oxygen atoms in total. The highest BCUT2D eigenvalue weighted by molar-refractivity contribution is 5.91. The number of aryl methyl sites for hydroxylation is 1. The third kappa shape index (κ3) is 6.85. The fourth-order valence-corrected chi connectivity index (χ4v) is 5.17. The normalized spacial score (nSPS) is 14.6. The monoisotopic (exact) mass is 554 g/mol. The molecule has 1 N–H and O–H groups in total. The van der Waals surface area contributed by atoms with Gasteiger partial charge in [0, 0.05) is 19.5 Å². The van der Waals surface area contributed by atoms with Gasteiger partial charge in [-0.25, -0.2) is 4.39 Å². The lowest BCUT2D eigenvalue weighted by molar-refractivity contribution is -0.134. The van der Waals surface area contributed by atoms with Gasteiger partial charge in [-0.2, -0.15) is 0 Å². The summed E-state index contributed by atoms with van der Waals surface area (Å²) in [5.41, 5.74) is 5.17. The molecule has 1 unspecified atom stereocenters. The molecule has 3 aromatic carbocycles. The number of amides is 2. The molecule has 212 valence electrons. The zero-order chi connectivity index (χ0) is 28.9. The number of fused-ring (bicyclic) bond motifs is 1. The number of rotatable bonds is 9. The van der Waals surface area contributed by atoms with Crippen molar-refractivity contribution >= 4 is 11.8 Å². The minimum absolute atomic E-state index is 0.140. The molecule has 0 saturated carbocycles. The number of hydrogen-bond acceptors (Lipinski definition) is 4. The molecule has 0 spiro atoms. The van der Waals surface area contributed by atoms with Crippen molar-refractivity contribution in [2.75, 3.05) is 6.54 Å². The average Bonchev–Trinajstić information content (AvgIpc) is 3.43. The van der Waals surface area contributed by atoms with Crippen LogP contribution in [0.25, 0.3) is 0 Å². The maximum atomic E-state index is 13.4. The smallest absolute Gasteiger partial charge is 0.287 e. The van der Waals surface area contributed by atoms with Crippen molar-refractivity contribution in [2.45, 2.75) is 52.8 Å². The van der Waals surface area contributed by atoms with Gasteiger partial charge in [-0.1, -0.05) is 61.9 Å². The third-order valence-electron chi connectivity index (χ3n) is 7.25. The van der Waals surface area contributed by atoms with Crippen molar-refractivity contribution in [3.63, 3.8) is 0 Å². The molecule has 0 radical (unpaired) electrons. The van der Waals surface area contributed by atoms with E-state index in [0.717, 1.165) is 17.5 Å². The van der Waals surface area contributed by atoms with E-state index in [4.69, 9.17) is 9.15 Å². The van der Waals surface area contributed by atoms with Crippen LogP contribution in [0.2, 0.25) is 0 Å². The first-order chi connectivity index (χ1) is 19.8. The van der Waals surface area contributed by atoms with E-state index < -0.39 is 0 Å². The Labute approximate surface area is 240 Å². The van der Waals surface area contributed by atoms with Crippen LogP contribution in [-0.2, 0) is 24.4 Å². The quantitative estimate of drug-likeness (QED) is 0.248. The van der Waals surface area contributed by atoms with Gasteiger partial charge in [0.15, 0.2) is 5.76 Å². The van der Waals surface area contributed by atoms with Crippen molar-refractivity contribution in [2.24, 2.45) is 5.92 Å².